The minimum Gasteiger partial charge on any atom is -0.454 e. The summed E-state index contributed by atoms with van der Waals surface area (Å²) >= 11 is 0. The molecule has 0 bridgehead atoms. The Morgan fingerprint density at radius 2 is 0.962 bits per heavy atom. The largest absolute Gasteiger partial charge is 0.454 e. The van der Waals surface area contributed by atoms with Crippen LogP contribution >= 0.6 is 0 Å². The van der Waals surface area contributed by atoms with Crippen LogP contribution in [0.5, 0.6) is 0 Å². The van der Waals surface area contributed by atoms with Gasteiger partial charge in [0.05, 0.1) is 25.4 Å². The number of unbranched alkanes of at least 4 members (excludes halogenated alkanes) is 25. The lowest BCUT2D eigenvalue weighted by molar-refractivity contribution is -0.305. The molecule has 0 spiro atoms. The number of nitrogens with one attached hydrogen (secondary N) is 1. The van der Waals surface area contributed by atoms with E-state index in [1.807, 2.05) is 42.5 Å². The van der Waals surface area contributed by atoms with Crippen LogP contribution in [0.25, 0.3) is 0 Å². The van der Waals surface area contributed by atoms with Crippen molar-refractivity contribution in [3.05, 3.63) is 109 Å². The minimum atomic E-state index is -1.63. The highest BCUT2D eigenvalue weighted by Crippen LogP contribution is 2.26. The van der Waals surface area contributed by atoms with Gasteiger partial charge in [-0.25, -0.2) is 0 Å². The Kier molecular flexibility index (Phi) is 50.9. The van der Waals surface area contributed by atoms with Crippen molar-refractivity contribution in [1.82, 2.24) is 5.32 Å². The first-order valence-corrected chi connectivity index (χ1v) is 31.7. The number of hydrogen-bond donors (Lipinski definition) is 6. The topological polar surface area (TPSA) is 175 Å². The first kappa shape index (κ1) is 73.3. The van der Waals surface area contributed by atoms with Crippen molar-refractivity contribution in [3.63, 3.8) is 0 Å². The molecule has 1 heterocycles. The normalized spacial score (nSPS) is 19.6. The molecule has 6 N–H and O–H groups in total. The SMILES string of the molecule is CC/C=C/C=C/C=C/C=C\CCCCCCC(O)C(=O)NC(COC1OC(CO)C(O)C(O)C1OC(=O)CCCCCCCCC/C=C\C/C=C\C/C=C\C/C=C\CCCCC)C(O)/C=C/CCCCCCCCCCCCC. The molecule has 0 aromatic carbocycles. The molecule has 0 aliphatic carbocycles. The molecule has 1 aliphatic rings. The van der Waals surface area contributed by atoms with Crippen molar-refractivity contribution in [2.24, 2.45) is 0 Å². The third kappa shape index (κ3) is 42.8. The fourth-order valence-corrected chi connectivity index (χ4v) is 9.23. The van der Waals surface area contributed by atoms with E-state index in [0.29, 0.717) is 12.8 Å². The van der Waals surface area contributed by atoms with Crippen LogP contribution in [-0.2, 0) is 23.8 Å². The number of rotatable bonds is 52. The summed E-state index contributed by atoms with van der Waals surface area (Å²) in [5.74, 6) is -1.24. The van der Waals surface area contributed by atoms with E-state index < -0.39 is 67.4 Å². The average Bonchev–Trinajstić information content (AvgIpc) is 3.49. The summed E-state index contributed by atoms with van der Waals surface area (Å²) in [4.78, 5) is 26.6. The fourth-order valence-electron chi connectivity index (χ4n) is 9.23. The summed E-state index contributed by atoms with van der Waals surface area (Å²) in [6, 6.07) is -1.05. The van der Waals surface area contributed by atoms with E-state index in [0.717, 1.165) is 122 Å². The van der Waals surface area contributed by atoms with Gasteiger partial charge in [-0.15, -0.1) is 0 Å². The number of aliphatic hydroxyl groups is 5. The molecule has 79 heavy (non-hydrogen) atoms. The van der Waals surface area contributed by atoms with Gasteiger partial charge in [0, 0.05) is 6.42 Å². The molecule has 0 aromatic heterocycles. The molecule has 0 aromatic rings. The molecular formula is C68H115NO10. The molecule has 11 nitrogen and oxygen atoms in total. The van der Waals surface area contributed by atoms with Crippen LogP contribution in [-0.4, -0.2) is 99.6 Å². The van der Waals surface area contributed by atoms with Crippen molar-refractivity contribution >= 4 is 11.9 Å². The molecule has 452 valence electrons. The minimum absolute atomic E-state index is 0.102. The van der Waals surface area contributed by atoms with Crippen LogP contribution in [0.2, 0.25) is 0 Å². The van der Waals surface area contributed by atoms with Crippen molar-refractivity contribution in [2.45, 2.75) is 294 Å². The molecule has 1 aliphatic heterocycles. The van der Waals surface area contributed by atoms with Crippen LogP contribution in [0, 0.1) is 0 Å². The first-order valence-electron chi connectivity index (χ1n) is 31.7. The number of carbonyl (C=O) groups excluding carboxylic acids is 2. The van der Waals surface area contributed by atoms with E-state index in [2.05, 4.69) is 86.8 Å². The van der Waals surface area contributed by atoms with Crippen molar-refractivity contribution in [3.8, 4) is 0 Å². The Morgan fingerprint density at radius 1 is 0.519 bits per heavy atom. The predicted molar refractivity (Wildman–Crippen MR) is 328 cm³/mol. The van der Waals surface area contributed by atoms with Gasteiger partial charge in [0.25, 0.3) is 0 Å². The lowest BCUT2D eigenvalue weighted by atomic mass is 9.99. The molecule has 0 radical (unpaired) electrons. The summed E-state index contributed by atoms with van der Waals surface area (Å²) in [5, 5.41) is 57.0. The van der Waals surface area contributed by atoms with Gasteiger partial charge in [-0.3, -0.25) is 9.59 Å². The van der Waals surface area contributed by atoms with Crippen molar-refractivity contribution in [2.75, 3.05) is 13.2 Å². The second-order valence-corrected chi connectivity index (χ2v) is 21.5. The summed E-state index contributed by atoms with van der Waals surface area (Å²) in [6.07, 6.45) is 64.0. The van der Waals surface area contributed by atoms with Crippen LogP contribution in [0.1, 0.15) is 245 Å². The Balaban J connectivity index is 2.68. The highest BCUT2D eigenvalue weighted by Gasteiger charge is 2.47. The number of amides is 1. The Labute approximate surface area is 481 Å². The lowest BCUT2D eigenvalue weighted by Crippen LogP contribution is -2.61. The maximum absolute atomic E-state index is 13.4. The van der Waals surface area contributed by atoms with E-state index in [1.54, 1.807) is 6.08 Å². The first-order chi connectivity index (χ1) is 38.7. The molecule has 1 saturated heterocycles. The summed E-state index contributed by atoms with van der Waals surface area (Å²) < 4.78 is 17.6. The molecule has 11 heteroatoms. The Bertz CT molecular complexity index is 1700. The summed E-state index contributed by atoms with van der Waals surface area (Å²) in [5.41, 5.74) is 0. The maximum atomic E-state index is 13.4. The van der Waals surface area contributed by atoms with Crippen LogP contribution in [0.4, 0.5) is 0 Å². The Hall–Kier alpha value is -3.68. The standard InChI is InChI=1S/C68H115NO10/c1-4-7-10-13-16-19-22-25-27-28-29-30-31-32-33-34-35-38-41-44-47-50-53-56-63(73)79-66-65(75)64(74)62(57-70)78-68(66)77-58-59(60(71)54-51-48-45-42-39-36-24-21-18-15-12-9-6-3)69-67(76)61(72)55-52-49-46-43-40-37-26-23-20-17-14-11-8-5-2/h8,11,14,16-17,19-20,23,25-27,29-30,32-33,37,51,54,59-62,64-66,68,70-72,74-75H,4-7,9-10,12-13,15,18,21-22,24,28,31,34-36,38-50,52-53,55-58H2,1-3H3,(H,69,76)/b11-8+,17-14+,19-16-,23-20+,27-25-,30-29-,33-32-,37-26-,54-51+. The quantitative estimate of drug-likeness (QED) is 0.0149. The van der Waals surface area contributed by atoms with Gasteiger partial charge < -0.3 is 45.1 Å². The number of carbonyl (C=O) groups is 2. The Morgan fingerprint density at radius 3 is 1.51 bits per heavy atom. The molecule has 1 amide bonds. The highest BCUT2D eigenvalue weighted by atomic mass is 16.7. The number of allylic oxidation sites excluding steroid dienone is 17. The lowest BCUT2D eigenvalue weighted by Gasteiger charge is -2.41. The van der Waals surface area contributed by atoms with Gasteiger partial charge in [-0.1, -0.05) is 259 Å². The smallest absolute Gasteiger partial charge is 0.306 e. The van der Waals surface area contributed by atoms with Gasteiger partial charge in [0.15, 0.2) is 12.4 Å². The van der Waals surface area contributed by atoms with Crippen LogP contribution in [0.15, 0.2) is 109 Å². The molecule has 0 saturated carbocycles. The van der Waals surface area contributed by atoms with Crippen LogP contribution in [0.3, 0.4) is 0 Å². The summed E-state index contributed by atoms with van der Waals surface area (Å²) in [7, 11) is 0. The van der Waals surface area contributed by atoms with Gasteiger partial charge >= 0.3 is 5.97 Å². The highest BCUT2D eigenvalue weighted by molar-refractivity contribution is 5.80. The van der Waals surface area contributed by atoms with Gasteiger partial charge in [0.1, 0.15) is 24.4 Å². The van der Waals surface area contributed by atoms with E-state index >= 15 is 0 Å². The van der Waals surface area contributed by atoms with Gasteiger partial charge in [0.2, 0.25) is 5.91 Å². The predicted octanol–water partition coefficient (Wildman–Crippen LogP) is 15.3. The van der Waals surface area contributed by atoms with Crippen molar-refractivity contribution < 1.29 is 49.3 Å². The zero-order valence-corrected chi connectivity index (χ0v) is 50.0. The number of esters is 1. The average molecular weight is 1110 g/mol. The second kappa shape index (κ2) is 54.9. The fraction of sp³-hybridized carbons (Fsp3) is 0.706. The number of ether oxygens (including phenoxy) is 3. The van der Waals surface area contributed by atoms with E-state index in [1.165, 1.54) is 77.0 Å². The van der Waals surface area contributed by atoms with E-state index in [9.17, 15) is 35.1 Å². The monoisotopic (exact) mass is 1110 g/mol. The van der Waals surface area contributed by atoms with Gasteiger partial charge in [-0.05, 0) is 89.9 Å². The molecule has 8 unspecified atom stereocenters. The number of aliphatic hydroxyl groups excluding tert-OH is 5. The van der Waals surface area contributed by atoms with E-state index in [4.69, 9.17) is 14.2 Å². The molecule has 1 fully saturated rings. The zero-order chi connectivity index (χ0) is 57.5. The zero-order valence-electron chi connectivity index (χ0n) is 50.0. The maximum Gasteiger partial charge on any atom is 0.306 e. The van der Waals surface area contributed by atoms with Crippen molar-refractivity contribution in [1.29, 1.82) is 0 Å². The third-order valence-electron chi connectivity index (χ3n) is 14.3. The molecular weight excluding hydrogens is 991 g/mol. The third-order valence-corrected chi connectivity index (χ3v) is 14.3. The number of hydrogen-bond acceptors (Lipinski definition) is 10. The second-order valence-electron chi connectivity index (χ2n) is 21.5. The van der Waals surface area contributed by atoms with Crippen LogP contribution < -0.4 is 5.32 Å². The van der Waals surface area contributed by atoms with E-state index in [-0.39, 0.29) is 19.4 Å². The van der Waals surface area contributed by atoms with Gasteiger partial charge in [-0.2, -0.15) is 0 Å². The molecule has 8 atom stereocenters. The summed E-state index contributed by atoms with van der Waals surface area (Å²) in [6.45, 7) is 5.59. The molecule has 1 rings (SSSR count).